The maximum atomic E-state index is 10.7. The first kappa shape index (κ1) is 14.1. The summed E-state index contributed by atoms with van der Waals surface area (Å²) in [6.07, 6.45) is 0. The molecule has 0 saturated heterocycles. The fourth-order valence-corrected chi connectivity index (χ4v) is 1.54. The van der Waals surface area contributed by atoms with Gasteiger partial charge in [0.05, 0.1) is 15.0 Å². The predicted octanol–water partition coefficient (Wildman–Crippen LogP) is 3.18. The van der Waals surface area contributed by atoms with Gasteiger partial charge in [-0.3, -0.25) is 15.0 Å². The molecule has 0 bridgehead atoms. The fraction of sp³-hybridized carbons (Fsp3) is 0.455. The minimum absolute atomic E-state index is 0.0556. The third kappa shape index (κ3) is 4.80. The molecule has 0 heterocycles. The van der Waals surface area contributed by atoms with Gasteiger partial charge >= 0.3 is 0 Å². The van der Waals surface area contributed by atoms with E-state index in [1.54, 1.807) is 12.1 Å². The number of nitro benzene ring substituents is 1. The van der Waals surface area contributed by atoms with Gasteiger partial charge in [0.2, 0.25) is 0 Å². The van der Waals surface area contributed by atoms with Gasteiger partial charge in [0, 0.05) is 12.6 Å². The lowest BCUT2D eigenvalue weighted by molar-refractivity contribution is -0.385. The molecule has 0 fully saturated rings. The SMILES string of the molecule is CC(C)(C)ONCc1ccc(Br)c([N+](=O)[O-])c1. The van der Waals surface area contributed by atoms with Crippen molar-refractivity contribution in [3.8, 4) is 0 Å². The molecule has 94 valence electrons. The highest BCUT2D eigenvalue weighted by atomic mass is 79.9. The van der Waals surface area contributed by atoms with Gasteiger partial charge in [0.25, 0.3) is 5.69 Å². The summed E-state index contributed by atoms with van der Waals surface area (Å²) < 4.78 is 0.475. The molecule has 17 heavy (non-hydrogen) atoms. The number of nitrogens with zero attached hydrogens (tertiary/aromatic N) is 1. The molecule has 1 aromatic carbocycles. The summed E-state index contributed by atoms with van der Waals surface area (Å²) in [5, 5.41) is 10.7. The van der Waals surface area contributed by atoms with Crippen LogP contribution in [0.4, 0.5) is 5.69 Å². The van der Waals surface area contributed by atoms with Crippen LogP contribution in [-0.4, -0.2) is 10.5 Å². The molecule has 0 radical (unpaired) electrons. The average molecular weight is 303 g/mol. The van der Waals surface area contributed by atoms with E-state index in [4.69, 9.17) is 4.84 Å². The lowest BCUT2D eigenvalue weighted by Gasteiger charge is -2.19. The molecular formula is C11H15BrN2O3. The van der Waals surface area contributed by atoms with Crippen LogP contribution in [0.25, 0.3) is 0 Å². The average Bonchev–Trinajstić information content (AvgIpc) is 2.18. The van der Waals surface area contributed by atoms with E-state index in [0.717, 1.165) is 5.56 Å². The van der Waals surface area contributed by atoms with Gasteiger partial charge in [-0.1, -0.05) is 6.07 Å². The van der Waals surface area contributed by atoms with Crippen LogP contribution in [0.5, 0.6) is 0 Å². The van der Waals surface area contributed by atoms with Crippen molar-refractivity contribution in [2.45, 2.75) is 32.9 Å². The normalized spacial score (nSPS) is 11.5. The second kappa shape index (κ2) is 5.57. The number of nitrogens with one attached hydrogen (secondary N) is 1. The first-order valence-electron chi connectivity index (χ1n) is 5.13. The second-order valence-corrected chi connectivity index (χ2v) is 5.43. The van der Waals surface area contributed by atoms with Crippen LogP contribution in [0.2, 0.25) is 0 Å². The molecule has 0 atom stereocenters. The Morgan fingerprint density at radius 1 is 1.47 bits per heavy atom. The van der Waals surface area contributed by atoms with Crippen molar-refractivity contribution < 1.29 is 9.76 Å². The minimum atomic E-state index is -0.418. The summed E-state index contributed by atoms with van der Waals surface area (Å²) in [5.74, 6) is 0. The summed E-state index contributed by atoms with van der Waals surface area (Å²) in [6, 6.07) is 4.98. The molecule has 0 saturated carbocycles. The van der Waals surface area contributed by atoms with E-state index in [2.05, 4.69) is 21.4 Å². The molecule has 5 nitrogen and oxygen atoms in total. The lowest BCUT2D eigenvalue weighted by Crippen LogP contribution is -2.28. The van der Waals surface area contributed by atoms with Crippen LogP contribution in [-0.2, 0) is 11.4 Å². The molecule has 0 aliphatic heterocycles. The Morgan fingerprint density at radius 3 is 2.65 bits per heavy atom. The van der Waals surface area contributed by atoms with Crippen LogP contribution < -0.4 is 5.48 Å². The Hall–Kier alpha value is -0.980. The Bertz CT molecular complexity index is 416. The number of nitro groups is 1. The van der Waals surface area contributed by atoms with Crippen molar-refractivity contribution in [1.82, 2.24) is 5.48 Å². The Balaban J connectivity index is 2.67. The van der Waals surface area contributed by atoms with E-state index < -0.39 is 4.92 Å². The van der Waals surface area contributed by atoms with Crippen molar-refractivity contribution >= 4 is 21.6 Å². The largest absolute Gasteiger partial charge is 0.296 e. The Kier molecular flexibility index (Phi) is 4.62. The van der Waals surface area contributed by atoms with E-state index in [1.165, 1.54) is 6.07 Å². The first-order valence-corrected chi connectivity index (χ1v) is 5.92. The molecular weight excluding hydrogens is 288 g/mol. The minimum Gasteiger partial charge on any atom is -0.296 e. The van der Waals surface area contributed by atoms with Gasteiger partial charge < -0.3 is 0 Å². The number of hydrogen-bond donors (Lipinski definition) is 1. The number of halogens is 1. The molecule has 0 aliphatic rings. The summed E-state index contributed by atoms with van der Waals surface area (Å²) in [7, 11) is 0. The zero-order valence-electron chi connectivity index (χ0n) is 9.99. The predicted molar refractivity (Wildman–Crippen MR) is 68.5 cm³/mol. The monoisotopic (exact) mass is 302 g/mol. The third-order valence-electron chi connectivity index (χ3n) is 1.86. The van der Waals surface area contributed by atoms with E-state index in [0.29, 0.717) is 11.0 Å². The van der Waals surface area contributed by atoms with Crippen LogP contribution in [0.15, 0.2) is 22.7 Å². The molecule has 0 spiro atoms. The van der Waals surface area contributed by atoms with E-state index in [-0.39, 0.29) is 11.3 Å². The molecule has 6 heteroatoms. The van der Waals surface area contributed by atoms with Gasteiger partial charge in [-0.05, 0) is 48.3 Å². The van der Waals surface area contributed by atoms with E-state index in [1.807, 2.05) is 20.8 Å². The van der Waals surface area contributed by atoms with Crippen LogP contribution >= 0.6 is 15.9 Å². The molecule has 0 amide bonds. The van der Waals surface area contributed by atoms with E-state index in [9.17, 15) is 10.1 Å². The molecule has 0 unspecified atom stereocenters. The van der Waals surface area contributed by atoms with E-state index >= 15 is 0 Å². The Labute approximate surface area is 108 Å². The van der Waals surface area contributed by atoms with Crippen LogP contribution in [0.3, 0.4) is 0 Å². The van der Waals surface area contributed by atoms with Gasteiger partial charge in [-0.15, -0.1) is 0 Å². The second-order valence-electron chi connectivity index (χ2n) is 4.58. The van der Waals surface area contributed by atoms with Crippen molar-refractivity contribution in [2.24, 2.45) is 0 Å². The van der Waals surface area contributed by atoms with Crippen molar-refractivity contribution in [3.05, 3.63) is 38.3 Å². The summed E-state index contributed by atoms with van der Waals surface area (Å²) in [6.45, 7) is 6.18. The van der Waals surface area contributed by atoms with Gasteiger partial charge in [0.15, 0.2) is 0 Å². The fourth-order valence-electron chi connectivity index (χ4n) is 1.14. The Morgan fingerprint density at radius 2 is 2.12 bits per heavy atom. The molecule has 1 rings (SSSR count). The smallest absolute Gasteiger partial charge is 0.283 e. The number of hydrogen-bond acceptors (Lipinski definition) is 4. The van der Waals surface area contributed by atoms with Crippen molar-refractivity contribution in [2.75, 3.05) is 0 Å². The number of rotatable bonds is 4. The maximum Gasteiger partial charge on any atom is 0.283 e. The summed E-state index contributed by atoms with van der Waals surface area (Å²) >= 11 is 3.14. The van der Waals surface area contributed by atoms with Gasteiger partial charge in [0.1, 0.15) is 0 Å². The molecule has 1 aromatic rings. The van der Waals surface area contributed by atoms with Gasteiger partial charge in [-0.25, -0.2) is 0 Å². The maximum absolute atomic E-state index is 10.7. The highest BCUT2D eigenvalue weighted by Crippen LogP contribution is 2.25. The standard InChI is InChI=1S/C11H15BrN2O3/c1-11(2,3)17-13-7-8-4-5-9(12)10(6-8)14(15)16/h4-6,13H,7H2,1-3H3. The molecule has 0 aliphatic carbocycles. The summed E-state index contributed by atoms with van der Waals surface area (Å²) in [4.78, 5) is 15.6. The lowest BCUT2D eigenvalue weighted by atomic mass is 10.2. The van der Waals surface area contributed by atoms with Crippen molar-refractivity contribution in [1.29, 1.82) is 0 Å². The van der Waals surface area contributed by atoms with Crippen LogP contribution in [0, 0.1) is 10.1 Å². The molecule has 0 aromatic heterocycles. The van der Waals surface area contributed by atoms with Crippen LogP contribution in [0.1, 0.15) is 26.3 Å². The molecule has 1 N–H and O–H groups in total. The zero-order valence-corrected chi connectivity index (χ0v) is 11.6. The van der Waals surface area contributed by atoms with Crippen molar-refractivity contribution in [3.63, 3.8) is 0 Å². The number of hydroxylamine groups is 1. The highest BCUT2D eigenvalue weighted by Gasteiger charge is 2.13. The highest BCUT2D eigenvalue weighted by molar-refractivity contribution is 9.10. The zero-order chi connectivity index (χ0) is 13.1. The quantitative estimate of drug-likeness (QED) is 0.685. The number of benzene rings is 1. The third-order valence-corrected chi connectivity index (χ3v) is 2.53. The topological polar surface area (TPSA) is 64.4 Å². The van der Waals surface area contributed by atoms with Gasteiger partial charge in [-0.2, -0.15) is 5.48 Å². The first-order chi connectivity index (χ1) is 7.79. The summed E-state index contributed by atoms with van der Waals surface area (Å²) in [5.41, 5.74) is 3.35.